The predicted molar refractivity (Wildman–Crippen MR) is 108 cm³/mol. The van der Waals surface area contributed by atoms with Gasteiger partial charge in [-0.15, -0.1) is 0 Å². The third-order valence-corrected chi connectivity index (χ3v) is 4.77. The van der Waals surface area contributed by atoms with Crippen molar-refractivity contribution in [2.45, 2.75) is 40.5 Å². The Hall–Kier alpha value is -2.83. The summed E-state index contributed by atoms with van der Waals surface area (Å²) in [5.41, 5.74) is 2.27. The number of esters is 1. The molecule has 0 fully saturated rings. The van der Waals surface area contributed by atoms with Crippen molar-refractivity contribution in [3.8, 4) is 0 Å². The van der Waals surface area contributed by atoms with Gasteiger partial charge < -0.3 is 9.64 Å². The van der Waals surface area contributed by atoms with Gasteiger partial charge in [0.25, 0.3) is 0 Å². The first-order chi connectivity index (χ1) is 13.5. The van der Waals surface area contributed by atoms with Crippen LogP contribution in [0.4, 0.5) is 18.9 Å². The molecule has 0 unspecified atom stereocenters. The van der Waals surface area contributed by atoms with E-state index in [0.29, 0.717) is 16.7 Å². The summed E-state index contributed by atoms with van der Waals surface area (Å²) in [7, 11) is 1.91. The Morgan fingerprint density at radius 3 is 2.48 bits per heavy atom. The van der Waals surface area contributed by atoms with E-state index in [2.05, 4.69) is 4.99 Å². The van der Waals surface area contributed by atoms with Crippen LogP contribution in [0.5, 0.6) is 0 Å². The van der Waals surface area contributed by atoms with Crippen molar-refractivity contribution in [1.29, 1.82) is 0 Å². The number of carbonyl (C=O) groups excluding carboxylic acids is 1. The molecule has 0 bridgehead atoms. The number of rotatable bonds is 6. The number of halogens is 3. The molecule has 29 heavy (non-hydrogen) atoms. The average Bonchev–Trinajstić information content (AvgIpc) is 2.65. The maximum Gasteiger partial charge on any atom is 0.416 e. The molecule has 7 heteroatoms. The number of alkyl halides is 3. The van der Waals surface area contributed by atoms with Crippen LogP contribution in [0.2, 0.25) is 0 Å². The normalized spacial score (nSPS) is 11.7. The largest absolute Gasteiger partial charge is 0.457 e. The molecule has 0 aromatic heterocycles. The summed E-state index contributed by atoms with van der Waals surface area (Å²) in [6.45, 7) is 7.59. The molecule has 2 aromatic rings. The number of hydrogen-bond donors (Lipinski definition) is 0. The fourth-order valence-electron chi connectivity index (χ4n) is 2.77. The number of carbonyl (C=O) groups is 1. The zero-order valence-corrected chi connectivity index (χ0v) is 17.2. The van der Waals surface area contributed by atoms with Crippen molar-refractivity contribution in [3.63, 3.8) is 0 Å². The first kappa shape index (κ1) is 22.5. The molecule has 0 atom stereocenters. The predicted octanol–water partition coefficient (Wildman–Crippen LogP) is 5.60. The Morgan fingerprint density at radius 1 is 1.17 bits per heavy atom. The number of nitrogens with zero attached hydrogens (tertiary/aromatic N) is 2. The molecular formula is C22H25F3N2O2. The van der Waals surface area contributed by atoms with Gasteiger partial charge in [0.15, 0.2) is 0 Å². The Labute approximate surface area is 169 Å². The topological polar surface area (TPSA) is 41.9 Å². The van der Waals surface area contributed by atoms with Gasteiger partial charge in [0.2, 0.25) is 0 Å². The van der Waals surface area contributed by atoms with Crippen molar-refractivity contribution < 1.29 is 22.7 Å². The van der Waals surface area contributed by atoms with Crippen molar-refractivity contribution >= 4 is 18.0 Å². The van der Waals surface area contributed by atoms with E-state index in [0.717, 1.165) is 23.9 Å². The second-order valence-electron chi connectivity index (χ2n) is 6.94. The standard InChI is InChI=1S/C22H25F3N2O2/c1-6-27(5)13-26-20-11-14(2)18(10-15(20)3)21(28)29-12-17-8-7-9-19(16(17)4)22(23,24)25/h7-11,13H,6,12H2,1-5H3/b26-13+. The van der Waals surface area contributed by atoms with Gasteiger partial charge in [0.05, 0.1) is 23.2 Å². The molecule has 0 radical (unpaired) electrons. The Bertz CT molecular complexity index is 921. The lowest BCUT2D eigenvalue weighted by atomic mass is 10.0. The summed E-state index contributed by atoms with van der Waals surface area (Å²) >= 11 is 0. The number of aliphatic imine (C=N–C) groups is 1. The van der Waals surface area contributed by atoms with Crippen molar-refractivity contribution in [2.24, 2.45) is 4.99 Å². The van der Waals surface area contributed by atoms with E-state index in [-0.39, 0.29) is 12.2 Å². The highest BCUT2D eigenvalue weighted by atomic mass is 19.4. The molecule has 0 saturated heterocycles. The van der Waals surface area contributed by atoms with E-state index < -0.39 is 17.7 Å². The van der Waals surface area contributed by atoms with E-state index in [1.54, 1.807) is 25.4 Å². The summed E-state index contributed by atoms with van der Waals surface area (Å²) in [6, 6.07) is 7.34. The third-order valence-electron chi connectivity index (χ3n) is 4.77. The minimum absolute atomic E-state index is 0.0606. The second kappa shape index (κ2) is 9.11. The zero-order valence-electron chi connectivity index (χ0n) is 17.2. The molecule has 0 amide bonds. The van der Waals surface area contributed by atoms with Crippen LogP contribution in [0.25, 0.3) is 0 Å². The molecule has 0 saturated carbocycles. The summed E-state index contributed by atoms with van der Waals surface area (Å²) in [5.74, 6) is -0.580. The molecule has 2 rings (SSSR count). The van der Waals surface area contributed by atoms with Gasteiger partial charge >= 0.3 is 12.1 Å². The van der Waals surface area contributed by atoms with Gasteiger partial charge in [-0.1, -0.05) is 12.1 Å². The molecule has 4 nitrogen and oxygen atoms in total. The van der Waals surface area contributed by atoms with Crippen LogP contribution in [0.1, 0.15) is 45.1 Å². The summed E-state index contributed by atoms with van der Waals surface area (Å²) in [6.07, 6.45) is -2.73. The van der Waals surface area contributed by atoms with E-state index in [4.69, 9.17) is 4.74 Å². The SMILES string of the molecule is CCN(C)/C=N/c1cc(C)c(C(=O)OCc2cccc(C(F)(F)F)c2C)cc1C. The van der Waals surface area contributed by atoms with E-state index >= 15 is 0 Å². The summed E-state index contributed by atoms with van der Waals surface area (Å²) in [4.78, 5) is 18.9. The van der Waals surface area contributed by atoms with Crippen LogP contribution in [0.3, 0.4) is 0 Å². The van der Waals surface area contributed by atoms with Crippen LogP contribution >= 0.6 is 0 Å². The van der Waals surface area contributed by atoms with E-state index in [1.165, 1.54) is 19.1 Å². The number of hydrogen-bond acceptors (Lipinski definition) is 3. The molecule has 156 valence electrons. The zero-order chi connectivity index (χ0) is 21.8. The van der Waals surface area contributed by atoms with Crippen LogP contribution in [0, 0.1) is 20.8 Å². The quantitative estimate of drug-likeness (QED) is 0.356. The van der Waals surface area contributed by atoms with Gasteiger partial charge in [0.1, 0.15) is 6.61 Å². The fraction of sp³-hybridized carbons (Fsp3) is 0.364. The molecule has 0 aliphatic carbocycles. The van der Waals surface area contributed by atoms with Crippen LogP contribution < -0.4 is 0 Å². The highest BCUT2D eigenvalue weighted by Crippen LogP contribution is 2.33. The van der Waals surface area contributed by atoms with Crippen molar-refractivity contribution in [3.05, 3.63) is 63.7 Å². The fourth-order valence-corrected chi connectivity index (χ4v) is 2.77. The maximum absolute atomic E-state index is 13.0. The summed E-state index contributed by atoms with van der Waals surface area (Å²) in [5, 5.41) is 0. The highest BCUT2D eigenvalue weighted by Gasteiger charge is 2.32. The monoisotopic (exact) mass is 406 g/mol. The molecule has 2 aromatic carbocycles. The Kier molecular flexibility index (Phi) is 7.06. The number of ether oxygens (including phenoxy) is 1. The van der Waals surface area contributed by atoms with Crippen LogP contribution in [-0.4, -0.2) is 30.8 Å². The first-order valence-electron chi connectivity index (χ1n) is 9.23. The Balaban J connectivity index is 2.18. The number of aryl methyl sites for hydroxylation is 2. The smallest absolute Gasteiger partial charge is 0.416 e. The van der Waals surface area contributed by atoms with Gasteiger partial charge in [-0.05, 0) is 68.1 Å². The van der Waals surface area contributed by atoms with E-state index in [9.17, 15) is 18.0 Å². The lowest BCUT2D eigenvalue weighted by Crippen LogP contribution is -2.14. The molecule has 0 heterocycles. The molecule has 0 aliphatic heterocycles. The van der Waals surface area contributed by atoms with Gasteiger partial charge in [-0.3, -0.25) is 0 Å². The minimum atomic E-state index is -4.44. The van der Waals surface area contributed by atoms with Crippen LogP contribution in [-0.2, 0) is 17.5 Å². The second-order valence-corrected chi connectivity index (χ2v) is 6.94. The average molecular weight is 406 g/mol. The summed E-state index contributed by atoms with van der Waals surface area (Å²) < 4.78 is 44.4. The van der Waals surface area contributed by atoms with Gasteiger partial charge in [0, 0.05) is 13.6 Å². The lowest BCUT2D eigenvalue weighted by Gasteiger charge is -2.15. The Morgan fingerprint density at radius 2 is 1.86 bits per heavy atom. The van der Waals surface area contributed by atoms with Crippen LogP contribution in [0.15, 0.2) is 35.3 Å². The molecule has 0 N–H and O–H groups in total. The van der Waals surface area contributed by atoms with Crippen molar-refractivity contribution in [2.75, 3.05) is 13.6 Å². The third kappa shape index (κ3) is 5.59. The number of benzene rings is 2. The van der Waals surface area contributed by atoms with Crippen molar-refractivity contribution in [1.82, 2.24) is 4.90 Å². The maximum atomic E-state index is 13.0. The first-order valence-corrected chi connectivity index (χ1v) is 9.23. The minimum Gasteiger partial charge on any atom is -0.457 e. The van der Waals surface area contributed by atoms with Gasteiger partial charge in [-0.25, -0.2) is 9.79 Å². The van der Waals surface area contributed by atoms with Gasteiger partial charge in [-0.2, -0.15) is 13.2 Å². The molecule has 0 aliphatic rings. The molecular weight excluding hydrogens is 381 g/mol. The van der Waals surface area contributed by atoms with E-state index in [1.807, 2.05) is 25.8 Å². The lowest BCUT2D eigenvalue weighted by molar-refractivity contribution is -0.138. The highest BCUT2D eigenvalue weighted by molar-refractivity contribution is 5.92. The molecule has 0 spiro atoms.